The average molecular weight is 288 g/mol. The van der Waals surface area contributed by atoms with Crippen LogP contribution >= 0.6 is 0 Å². The smallest absolute Gasteiger partial charge is 0.220 e. The van der Waals surface area contributed by atoms with Gasteiger partial charge in [0, 0.05) is 6.42 Å². The molecule has 2 rings (SSSR count). The molecule has 112 valence electrons. The molecular weight excluding hydrogens is 268 g/mol. The van der Waals surface area contributed by atoms with Gasteiger partial charge in [-0.1, -0.05) is 18.2 Å². The number of aryl methyl sites for hydroxylation is 1. The monoisotopic (exact) mass is 288 g/mol. The Morgan fingerprint density at radius 3 is 2.95 bits per heavy atom. The summed E-state index contributed by atoms with van der Waals surface area (Å²) >= 11 is 0. The van der Waals surface area contributed by atoms with Gasteiger partial charge in [0.05, 0.1) is 12.6 Å². The summed E-state index contributed by atoms with van der Waals surface area (Å²) in [6.45, 7) is 4.43. The van der Waals surface area contributed by atoms with Crippen LogP contribution in [0.4, 0.5) is 0 Å². The van der Waals surface area contributed by atoms with Gasteiger partial charge < -0.3 is 10.1 Å². The first-order valence-corrected chi connectivity index (χ1v) is 7.06. The number of amides is 1. The molecule has 6 nitrogen and oxygen atoms in total. The zero-order valence-electron chi connectivity index (χ0n) is 12.3. The molecule has 21 heavy (non-hydrogen) atoms. The second-order valence-corrected chi connectivity index (χ2v) is 4.70. The highest BCUT2D eigenvalue weighted by molar-refractivity contribution is 5.76. The van der Waals surface area contributed by atoms with E-state index >= 15 is 0 Å². The van der Waals surface area contributed by atoms with Crippen molar-refractivity contribution >= 4 is 5.91 Å². The molecule has 0 saturated carbocycles. The van der Waals surface area contributed by atoms with Gasteiger partial charge in [0.25, 0.3) is 0 Å². The standard InChI is InChI=1S/C15H20N4O2/c1-3-21-13-7-5-4-6-12(13)8-9-14(20)18-11(2)15-16-10-17-19-15/h4-7,10-11H,3,8-9H2,1-2H3,(H,18,20)(H,16,17,19). The van der Waals surface area contributed by atoms with Crippen LogP contribution in [0, 0.1) is 0 Å². The third-order valence-electron chi connectivity index (χ3n) is 3.12. The zero-order chi connectivity index (χ0) is 15.1. The normalized spacial score (nSPS) is 11.9. The van der Waals surface area contributed by atoms with Crippen molar-refractivity contribution in [1.29, 1.82) is 0 Å². The summed E-state index contributed by atoms with van der Waals surface area (Å²) in [5.41, 5.74) is 1.04. The molecule has 1 amide bonds. The van der Waals surface area contributed by atoms with E-state index in [9.17, 15) is 4.79 Å². The third-order valence-corrected chi connectivity index (χ3v) is 3.12. The Hall–Kier alpha value is -2.37. The van der Waals surface area contributed by atoms with Gasteiger partial charge in [-0.05, 0) is 31.9 Å². The van der Waals surface area contributed by atoms with E-state index in [1.54, 1.807) is 0 Å². The Bertz CT molecular complexity index is 569. The predicted octanol–water partition coefficient (Wildman–Crippen LogP) is 2.01. The van der Waals surface area contributed by atoms with Crippen molar-refractivity contribution in [3.8, 4) is 5.75 Å². The molecule has 1 unspecified atom stereocenters. The number of para-hydroxylation sites is 1. The molecule has 0 aliphatic rings. The Morgan fingerprint density at radius 1 is 1.43 bits per heavy atom. The lowest BCUT2D eigenvalue weighted by atomic mass is 10.1. The van der Waals surface area contributed by atoms with E-state index in [0.717, 1.165) is 11.3 Å². The fraction of sp³-hybridized carbons (Fsp3) is 0.400. The minimum absolute atomic E-state index is 0.0230. The van der Waals surface area contributed by atoms with Crippen LogP contribution in [0.5, 0.6) is 5.75 Å². The lowest BCUT2D eigenvalue weighted by Gasteiger charge is -2.12. The summed E-state index contributed by atoms with van der Waals surface area (Å²) in [5, 5.41) is 9.41. The van der Waals surface area contributed by atoms with Crippen LogP contribution in [0.25, 0.3) is 0 Å². The van der Waals surface area contributed by atoms with Crippen molar-refractivity contribution in [3.05, 3.63) is 42.0 Å². The zero-order valence-corrected chi connectivity index (χ0v) is 12.3. The SMILES string of the molecule is CCOc1ccccc1CCC(=O)NC(C)c1ncn[nH]1. The van der Waals surface area contributed by atoms with E-state index < -0.39 is 0 Å². The van der Waals surface area contributed by atoms with Crippen LogP contribution < -0.4 is 10.1 Å². The summed E-state index contributed by atoms with van der Waals surface area (Å²) in [6.07, 6.45) is 2.48. The van der Waals surface area contributed by atoms with Crippen molar-refractivity contribution in [2.45, 2.75) is 32.7 Å². The number of nitrogens with zero attached hydrogens (tertiary/aromatic N) is 2. The largest absolute Gasteiger partial charge is 0.494 e. The molecule has 0 bridgehead atoms. The van der Waals surface area contributed by atoms with Crippen LogP contribution in [0.1, 0.15) is 37.7 Å². The number of rotatable bonds is 7. The minimum Gasteiger partial charge on any atom is -0.494 e. The first-order chi connectivity index (χ1) is 10.2. The van der Waals surface area contributed by atoms with Crippen molar-refractivity contribution in [3.63, 3.8) is 0 Å². The lowest BCUT2D eigenvalue weighted by Crippen LogP contribution is -2.27. The van der Waals surface area contributed by atoms with Crippen LogP contribution in [-0.2, 0) is 11.2 Å². The fourth-order valence-electron chi connectivity index (χ4n) is 2.06. The van der Waals surface area contributed by atoms with E-state index in [0.29, 0.717) is 25.3 Å². The van der Waals surface area contributed by atoms with Gasteiger partial charge in [-0.2, -0.15) is 5.10 Å². The Kier molecular flexibility index (Phi) is 5.31. The number of benzene rings is 1. The summed E-state index contributed by atoms with van der Waals surface area (Å²) < 4.78 is 5.55. The number of hydrogen-bond donors (Lipinski definition) is 2. The maximum Gasteiger partial charge on any atom is 0.220 e. The summed E-state index contributed by atoms with van der Waals surface area (Å²) in [6, 6.07) is 7.61. The number of carbonyl (C=O) groups excluding carboxylic acids is 1. The van der Waals surface area contributed by atoms with Crippen LogP contribution in [0.15, 0.2) is 30.6 Å². The predicted molar refractivity (Wildman–Crippen MR) is 78.9 cm³/mol. The Balaban J connectivity index is 1.86. The van der Waals surface area contributed by atoms with Crippen LogP contribution in [0.2, 0.25) is 0 Å². The Labute approximate surface area is 123 Å². The summed E-state index contributed by atoms with van der Waals surface area (Å²) in [4.78, 5) is 16.0. The average Bonchev–Trinajstić information content (AvgIpc) is 3.01. The molecule has 1 heterocycles. The number of H-pyrrole nitrogens is 1. The number of nitrogens with one attached hydrogen (secondary N) is 2. The molecular formula is C15H20N4O2. The molecule has 1 aromatic heterocycles. The maximum atomic E-state index is 12.0. The minimum atomic E-state index is -0.179. The first-order valence-electron chi connectivity index (χ1n) is 7.06. The molecule has 6 heteroatoms. The molecule has 0 fully saturated rings. The fourth-order valence-corrected chi connectivity index (χ4v) is 2.06. The second-order valence-electron chi connectivity index (χ2n) is 4.70. The van der Waals surface area contributed by atoms with Gasteiger partial charge in [-0.25, -0.2) is 4.98 Å². The van der Waals surface area contributed by atoms with Gasteiger partial charge in [0.2, 0.25) is 5.91 Å². The van der Waals surface area contributed by atoms with E-state index in [-0.39, 0.29) is 11.9 Å². The number of ether oxygens (including phenoxy) is 1. The molecule has 0 aliphatic carbocycles. The van der Waals surface area contributed by atoms with Gasteiger partial charge in [0.15, 0.2) is 0 Å². The molecule has 1 aromatic carbocycles. The molecule has 1 atom stereocenters. The van der Waals surface area contributed by atoms with E-state index in [2.05, 4.69) is 20.5 Å². The van der Waals surface area contributed by atoms with Gasteiger partial charge in [-0.3, -0.25) is 9.89 Å². The number of aromatic amines is 1. The van der Waals surface area contributed by atoms with Crippen LogP contribution in [0.3, 0.4) is 0 Å². The Morgan fingerprint density at radius 2 is 2.24 bits per heavy atom. The summed E-state index contributed by atoms with van der Waals surface area (Å²) in [7, 11) is 0. The number of carbonyl (C=O) groups is 1. The lowest BCUT2D eigenvalue weighted by molar-refractivity contribution is -0.121. The number of aromatic nitrogens is 3. The van der Waals surface area contributed by atoms with Gasteiger partial charge in [0.1, 0.15) is 17.9 Å². The van der Waals surface area contributed by atoms with Crippen molar-refractivity contribution in [1.82, 2.24) is 20.5 Å². The second kappa shape index (κ2) is 7.42. The molecule has 0 aliphatic heterocycles. The van der Waals surface area contributed by atoms with Gasteiger partial charge >= 0.3 is 0 Å². The third kappa shape index (κ3) is 4.30. The molecule has 2 N–H and O–H groups in total. The first kappa shape index (κ1) is 15.0. The van der Waals surface area contributed by atoms with Crippen molar-refractivity contribution < 1.29 is 9.53 Å². The molecule has 0 spiro atoms. The van der Waals surface area contributed by atoms with E-state index in [1.165, 1.54) is 6.33 Å². The highest BCUT2D eigenvalue weighted by Gasteiger charge is 2.12. The summed E-state index contributed by atoms with van der Waals surface area (Å²) in [5.74, 6) is 1.47. The maximum absolute atomic E-state index is 12.0. The van der Waals surface area contributed by atoms with E-state index in [4.69, 9.17) is 4.74 Å². The quantitative estimate of drug-likeness (QED) is 0.816. The van der Waals surface area contributed by atoms with Crippen molar-refractivity contribution in [2.75, 3.05) is 6.61 Å². The highest BCUT2D eigenvalue weighted by atomic mass is 16.5. The van der Waals surface area contributed by atoms with Gasteiger partial charge in [-0.15, -0.1) is 0 Å². The number of hydrogen-bond acceptors (Lipinski definition) is 4. The molecule has 2 aromatic rings. The van der Waals surface area contributed by atoms with Crippen molar-refractivity contribution in [2.24, 2.45) is 0 Å². The van der Waals surface area contributed by atoms with E-state index in [1.807, 2.05) is 38.1 Å². The topological polar surface area (TPSA) is 79.9 Å². The highest BCUT2D eigenvalue weighted by Crippen LogP contribution is 2.19. The van der Waals surface area contributed by atoms with Crippen LogP contribution in [-0.4, -0.2) is 27.7 Å². The molecule has 0 radical (unpaired) electrons. The molecule has 0 saturated heterocycles.